The summed E-state index contributed by atoms with van der Waals surface area (Å²) in [5.41, 5.74) is 2.64. The minimum absolute atomic E-state index is 0.0763. The second-order valence-corrected chi connectivity index (χ2v) is 10.0. The second kappa shape index (κ2) is 13.5. The van der Waals surface area contributed by atoms with Gasteiger partial charge in [0.25, 0.3) is 0 Å². The van der Waals surface area contributed by atoms with Crippen molar-refractivity contribution in [2.75, 3.05) is 13.1 Å². The highest BCUT2D eigenvalue weighted by Crippen LogP contribution is 2.41. The number of rotatable bonds is 13. The number of nitrogens with zero attached hydrogens (tertiary/aromatic N) is 3. The van der Waals surface area contributed by atoms with Crippen molar-refractivity contribution >= 4 is 0 Å². The summed E-state index contributed by atoms with van der Waals surface area (Å²) < 4.78 is 0. The molecule has 0 heterocycles. The molecule has 0 aliphatic heterocycles. The molecule has 2 atom stereocenters. The summed E-state index contributed by atoms with van der Waals surface area (Å²) in [6.07, 6.45) is 14.1. The lowest BCUT2D eigenvalue weighted by atomic mass is 9.75. The van der Waals surface area contributed by atoms with E-state index in [2.05, 4.69) is 64.7 Å². The van der Waals surface area contributed by atoms with Crippen LogP contribution in [0.4, 0.5) is 0 Å². The molecule has 0 fully saturated rings. The molecule has 0 saturated heterocycles. The van der Waals surface area contributed by atoms with E-state index in [1.807, 2.05) is 0 Å². The molecule has 0 aromatic rings. The van der Waals surface area contributed by atoms with Gasteiger partial charge in [-0.3, -0.25) is 0 Å². The summed E-state index contributed by atoms with van der Waals surface area (Å²) in [6.45, 7) is 15.9. The first kappa shape index (κ1) is 26.3. The fraction of sp³-hybridized carbons (Fsp3) is 0.778. The first-order chi connectivity index (χ1) is 14.3. The zero-order chi connectivity index (χ0) is 22.6. The fourth-order valence-corrected chi connectivity index (χ4v) is 4.67. The average molecular weight is 412 g/mol. The Bertz CT molecular complexity index is 623. The van der Waals surface area contributed by atoms with Crippen LogP contribution < -0.4 is 0 Å². The molecule has 0 saturated carbocycles. The highest BCUT2D eigenvalue weighted by atomic mass is 15.1. The van der Waals surface area contributed by atoms with Crippen LogP contribution >= 0.6 is 0 Å². The molecule has 3 heteroatoms. The monoisotopic (exact) mass is 411 g/mol. The van der Waals surface area contributed by atoms with Gasteiger partial charge in [-0.1, -0.05) is 80.1 Å². The number of hydrogen-bond acceptors (Lipinski definition) is 3. The van der Waals surface area contributed by atoms with Crippen molar-refractivity contribution in [1.82, 2.24) is 4.90 Å². The van der Waals surface area contributed by atoms with Crippen LogP contribution in [0.3, 0.4) is 0 Å². The molecule has 3 nitrogen and oxygen atoms in total. The summed E-state index contributed by atoms with van der Waals surface area (Å²) >= 11 is 0. The molecule has 0 N–H and O–H groups in total. The van der Waals surface area contributed by atoms with E-state index in [0.29, 0.717) is 11.8 Å². The maximum Gasteiger partial charge on any atom is 0.132 e. The van der Waals surface area contributed by atoms with Crippen molar-refractivity contribution < 1.29 is 0 Å². The number of unbranched alkanes of at least 4 members (excludes halogenated alkanes) is 2. The average Bonchev–Trinajstić information content (AvgIpc) is 2.72. The molecular weight excluding hydrogens is 366 g/mol. The molecule has 1 aliphatic carbocycles. The number of hydrogen-bond donors (Lipinski definition) is 0. The Balaban J connectivity index is 3.27. The van der Waals surface area contributed by atoms with Gasteiger partial charge in [0.15, 0.2) is 0 Å². The van der Waals surface area contributed by atoms with Gasteiger partial charge in [0.2, 0.25) is 0 Å². The quantitative estimate of drug-likeness (QED) is 0.291. The van der Waals surface area contributed by atoms with Crippen LogP contribution in [0.5, 0.6) is 0 Å². The van der Waals surface area contributed by atoms with Gasteiger partial charge in [0.05, 0.1) is 0 Å². The third kappa shape index (κ3) is 8.55. The molecule has 1 aliphatic rings. The van der Waals surface area contributed by atoms with Crippen LogP contribution in [0, 0.1) is 39.9 Å². The van der Waals surface area contributed by atoms with E-state index in [4.69, 9.17) is 0 Å². The topological polar surface area (TPSA) is 50.8 Å². The van der Waals surface area contributed by atoms with Crippen molar-refractivity contribution in [1.29, 1.82) is 10.5 Å². The van der Waals surface area contributed by atoms with Crippen LogP contribution in [-0.4, -0.2) is 18.0 Å². The molecule has 168 valence electrons. The second-order valence-electron chi connectivity index (χ2n) is 10.0. The maximum atomic E-state index is 9.46. The van der Waals surface area contributed by atoms with Crippen LogP contribution in [0.2, 0.25) is 0 Å². The summed E-state index contributed by atoms with van der Waals surface area (Å²) in [6, 6.07) is 4.27. The van der Waals surface area contributed by atoms with Crippen LogP contribution in [0.25, 0.3) is 0 Å². The highest BCUT2D eigenvalue weighted by Gasteiger charge is 2.31. The lowest BCUT2D eigenvalue weighted by Crippen LogP contribution is -2.36. The Kier molecular flexibility index (Phi) is 11.9. The third-order valence-electron chi connectivity index (χ3n) is 6.66. The number of allylic oxidation sites excluding steroid dienone is 4. The van der Waals surface area contributed by atoms with Gasteiger partial charge < -0.3 is 4.90 Å². The SMILES string of the molecule is CCCCC(CC)CN(CC(CC)CCCC)C1=CC(=C(C#N)C#N)CC(C)(C)C1. The van der Waals surface area contributed by atoms with Crippen molar-refractivity contribution in [2.24, 2.45) is 17.3 Å². The summed E-state index contributed by atoms with van der Waals surface area (Å²) in [5.74, 6) is 1.41. The number of nitriles is 2. The summed E-state index contributed by atoms with van der Waals surface area (Å²) in [5, 5.41) is 18.9. The molecule has 0 aromatic heterocycles. The Hall–Kier alpha value is -1.74. The zero-order valence-corrected chi connectivity index (χ0v) is 20.6. The molecule has 30 heavy (non-hydrogen) atoms. The van der Waals surface area contributed by atoms with E-state index in [9.17, 15) is 10.5 Å². The Labute approximate surface area is 186 Å². The first-order valence-corrected chi connectivity index (χ1v) is 12.3. The maximum absolute atomic E-state index is 9.46. The Morgan fingerprint density at radius 2 is 1.43 bits per heavy atom. The normalized spacial score (nSPS) is 17.5. The summed E-state index contributed by atoms with van der Waals surface area (Å²) in [4.78, 5) is 2.64. The van der Waals surface area contributed by atoms with E-state index in [1.54, 1.807) is 0 Å². The minimum atomic E-state index is 0.0763. The van der Waals surface area contributed by atoms with Gasteiger partial charge in [-0.25, -0.2) is 0 Å². The fourth-order valence-electron chi connectivity index (χ4n) is 4.67. The Morgan fingerprint density at radius 1 is 0.933 bits per heavy atom. The van der Waals surface area contributed by atoms with Gasteiger partial charge in [0.1, 0.15) is 17.7 Å². The van der Waals surface area contributed by atoms with Crippen molar-refractivity contribution in [2.45, 2.75) is 106 Å². The van der Waals surface area contributed by atoms with E-state index in [-0.39, 0.29) is 11.0 Å². The highest BCUT2D eigenvalue weighted by molar-refractivity contribution is 5.47. The molecule has 0 radical (unpaired) electrons. The van der Waals surface area contributed by atoms with Crippen LogP contribution in [0.15, 0.2) is 22.9 Å². The zero-order valence-electron chi connectivity index (χ0n) is 20.6. The molecule has 0 amide bonds. The first-order valence-electron chi connectivity index (χ1n) is 12.3. The summed E-state index contributed by atoms with van der Waals surface area (Å²) in [7, 11) is 0. The van der Waals surface area contributed by atoms with Gasteiger partial charge in [0, 0.05) is 18.8 Å². The van der Waals surface area contributed by atoms with Gasteiger partial charge in [-0.15, -0.1) is 0 Å². The van der Waals surface area contributed by atoms with Crippen molar-refractivity contribution in [3.8, 4) is 12.1 Å². The minimum Gasteiger partial charge on any atom is -0.374 e. The van der Waals surface area contributed by atoms with Gasteiger partial charge in [-0.05, 0) is 54.6 Å². The molecular formula is C27H45N3. The standard InChI is InChI=1S/C27H45N3/c1-7-11-13-22(9-3)20-30(21-23(10-4)14-12-8-2)26-15-24(25(18-28)19-29)16-27(5,6)17-26/h15,22-23H,7-14,16-17,20-21H2,1-6H3. The van der Waals surface area contributed by atoms with Crippen LogP contribution in [0.1, 0.15) is 106 Å². The van der Waals surface area contributed by atoms with Crippen LogP contribution in [-0.2, 0) is 0 Å². The van der Waals surface area contributed by atoms with E-state index < -0.39 is 0 Å². The Morgan fingerprint density at radius 3 is 1.83 bits per heavy atom. The molecule has 0 bridgehead atoms. The molecule has 1 rings (SSSR count). The third-order valence-corrected chi connectivity index (χ3v) is 6.66. The van der Waals surface area contributed by atoms with Gasteiger partial charge >= 0.3 is 0 Å². The molecule has 0 aromatic carbocycles. The van der Waals surface area contributed by atoms with E-state index in [0.717, 1.165) is 31.5 Å². The van der Waals surface area contributed by atoms with E-state index in [1.165, 1.54) is 57.1 Å². The molecule has 0 spiro atoms. The van der Waals surface area contributed by atoms with Crippen molar-refractivity contribution in [3.05, 3.63) is 22.9 Å². The predicted molar refractivity (Wildman–Crippen MR) is 128 cm³/mol. The van der Waals surface area contributed by atoms with Crippen molar-refractivity contribution in [3.63, 3.8) is 0 Å². The molecule has 2 unspecified atom stereocenters. The smallest absolute Gasteiger partial charge is 0.132 e. The van der Waals surface area contributed by atoms with E-state index >= 15 is 0 Å². The largest absolute Gasteiger partial charge is 0.374 e. The predicted octanol–water partition coefficient (Wildman–Crippen LogP) is 7.77. The lowest BCUT2D eigenvalue weighted by Gasteiger charge is -2.40. The lowest BCUT2D eigenvalue weighted by molar-refractivity contribution is 0.194. The van der Waals surface area contributed by atoms with Gasteiger partial charge in [-0.2, -0.15) is 10.5 Å².